The van der Waals surface area contributed by atoms with Gasteiger partial charge in [0.25, 0.3) is 5.56 Å². The molecule has 2 heterocycles. The minimum absolute atomic E-state index is 0.0245. The second kappa shape index (κ2) is 7.06. The Balaban J connectivity index is 1.85. The highest BCUT2D eigenvalue weighted by Crippen LogP contribution is 2.04. The van der Waals surface area contributed by atoms with Crippen molar-refractivity contribution in [1.82, 2.24) is 14.2 Å². The summed E-state index contributed by atoms with van der Waals surface area (Å²) in [6.07, 6.45) is 6.55. The molecule has 0 bridgehead atoms. The number of nitrogens with zero attached hydrogens (tertiary/aromatic N) is 3. The van der Waals surface area contributed by atoms with Crippen LogP contribution in [0.15, 0.2) is 23.3 Å². The zero-order valence-corrected chi connectivity index (χ0v) is 12.5. The molecule has 0 aliphatic carbocycles. The van der Waals surface area contributed by atoms with Crippen molar-refractivity contribution in [2.45, 2.75) is 46.1 Å². The van der Waals surface area contributed by atoms with Crippen LogP contribution >= 0.6 is 0 Å². The average molecular weight is 291 g/mol. The molecule has 0 unspecified atom stereocenters. The molecular weight excluding hydrogens is 270 g/mol. The van der Waals surface area contributed by atoms with Gasteiger partial charge in [-0.1, -0.05) is 6.42 Å². The van der Waals surface area contributed by atoms with Crippen molar-refractivity contribution in [1.29, 1.82) is 0 Å². The van der Waals surface area contributed by atoms with Gasteiger partial charge in [0, 0.05) is 25.4 Å². The Morgan fingerprint density at radius 1 is 1.29 bits per heavy atom. The molecule has 2 aromatic rings. The van der Waals surface area contributed by atoms with Crippen LogP contribution in [-0.2, 0) is 16.1 Å². The molecule has 114 valence electrons. The van der Waals surface area contributed by atoms with E-state index in [2.05, 4.69) is 5.10 Å². The van der Waals surface area contributed by atoms with Crippen molar-refractivity contribution in [3.05, 3.63) is 34.5 Å². The summed E-state index contributed by atoms with van der Waals surface area (Å²) in [4.78, 5) is 23.4. The lowest BCUT2D eigenvalue weighted by atomic mass is 10.2. The smallest absolute Gasteiger partial charge is 0.305 e. The second-order valence-electron chi connectivity index (χ2n) is 5.03. The maximum Gasteiger partial charge on any atom is 0.305 e. The van der Waals surface area contributed by atoms with Crippen LogP contribution < -0.4 is 5.56 Å². The summed E-state index contributed by atoms with van der Waals surface area (Å²) in [5.74, 6) is -0.147. The largest absolute Gasteiger partial charge is 0.466 e. The summed E-state index contributed by atoms with van der Waals surface area (Å²) >= 11 is 0. The highest BCUT2D eigenvalue weighted by atomic mass is 16.5. The number of carbonyl (C=O) groups excluding carboxylic acids is 1. The molecule has 0 spiro atoms. The van der Waals surface area contributed by atoms with Gasteiger partial charge in [-0.25, -0.2) is 4.52 Å². The maximum atomic E-state index is 12.2. The number of carbonyl (C=O) groups is 1. The van der Waals surface area contributed by atoms with Crippen molar-refractivity contribution < 1.29 is 9.53 Å². The fourth-order valence-electron chi connectivity index (χ4n) is 2.29. The van der Waals surface area contributed by atoms with E-state index in [1.807, 2.05) is 6.92 Å². The van der Waals surface area contributed by atoms with Crippen LogP contribution in [-0.4, -0.2) is 26.8 Å². The van der Waals surface area contributed by atoms with Gasteiger partial charge in [0.1, 0.15) is 5.52 Å². The Bertz CT molecular complexity index is 672. The van der Waals surface area contributed by atoms with Crippen LogP contribution in [0.4, 0.5) is 0 Å². The quantitative estimate of drug-likeness (QED) is 0.577. The lowest BCUT2D eigenvalue weighted by Gasteiger charge is -2.06. The predicted molar refractivity (Wildman–Crippen MR) is 79.3 cm³/mol. The number of rotatable bonds is 7. The molecule has 6 nitrogen and oxygen atoms in total. The molecule has 6 heteroatoms. The van der Waals surface area contributed by atoms with Crippen molar-refractivity contribution >= 4 is 11.5 Å². The molecule has 0 saturated carbocycles. The van der Waals surface area contributed by atoms with E-state index in [-0.39, 0.29) is 11.5 Å². The summed E-state index contributed by atoms with van der Waals surface area (Å²) in [7, 11) is 0. The average Bonchev–Trinajstić information content (AvgIpc) is 2.82. The van der Waals surface area contributed by atoms with Crippen LogP contribution in [0.1, 0.15) is 38.3 Å². The first-order valence-electron chi connectivity index (χ1n) is 7.33. The topological polar surface area (TPSA) is 65.6 Å². The third-order valence-electron chi connectivity index (χ3n) is 3.31. The van der Waals surface area contributed by atoms with Crippen LogP contribution in [0, 0.1) is 6.92 Å². The first-order chi connectivity index (χ1) is 10.1. The zero-order chi connectivity index (χ0) is 15.2. The minimum Gasteiger partial charge on any atom is -0.466 e. The first-order valence-corrected chi connectivity index (χ1v) is 7.33. The van der Waals surface area contributed by atoms with Gasteiger partial charge in [-0.2, -0.15) is 5.10 Å². The summed E-state index contributed by atoms with van der Waals surface area (Å²) in [5, 5.41) is 4.21. The zero-order valence-electron chi connectivity index (χ0n) is 12.5. The summed E-state index contributed by atoms with van der Waals surface area (Å²) in [6.45, 7) is 4.76. The number of unbranched alkanes of at least 4 members (excludes halogenated alkanes) is 2. The molecule has 2 aromatic heterocycles. The molecule has 0 fully saturated rings. The molecule has 2 rings (SSSR count). The van der Waals surface area contributed by atoms with E-state index in [0.29, 0.717) is 25.1 Å². The maximum absolute atomic E-state index is 12.2. The van der Waals surface area contributed by atoms with Gasteiger partial charge in [-0.15, -0.1) is 0 Å². The molecule has 0 amide bonds. The van der Waals surface area contributed by atoms with Crippen molar-refractivity contribution in [2.24, 2.45) is 0 Å². The normalized spacial score (nSPS) is 11.0. The Hall–Kier alpha value is -2.11. The van der Waals surface area contributed by atoms with E-state index in [9.17, 15) is 9.59 Å². The van der Waals surface area contributed by atoms with Gasteiger partial charge in [0.2, 0.25) is 0 Å². The Labute approximate surface area is 123 Å². The first kappa shape index (κ1) is 15.3. The standard InChI is InChI=1S/C15H21N3O3/c1-3-21-14(19)7-5-4-6-8-17-9-10-18-13(15(17)20)11-12(2)16-18/h9-11H,3-8H2,1-2H3. The Kier molecular flexibility index (Phi) is 5.14. The molecule has 0 N–H and O–H groups in total. The van der Waals surface area contributed by atoms with E-state index in [1.165, 1.54) is 0 Å². The van der Waals surface area contributed by atoms with Crippen LogP contribution in [0.25, 0.3) is 5.52 Å². The number of fused-ring (bicyclic) bond motifs is 1. The van der Waals surface area contributed by atoms with Gasteiger partial charge in [-0.3, -0.25) is 9.59 Å². The SMILES string of the molecule is CCOC(=O)CCCCCn1ccn2nc(C)cc2c1=O. The van der Waals surface area contributed by atoms with E-state index < -0.39 is 0 Å². The number of hydrogen-bond acceptors (Lipinski definition) is 4. The summed E-state index contributed by atoms with van der Waals surface area (Å²) < 4.78 is 8.17. The van der Waals surface area contributed by atoms with E-state index >= 15 is 0 Å². The van der Waals surface area contributed by atoms with Crippen LogP contribution in [0.5, 0.6) is 0 Å². The lowest BCUT2D eigenvalue weighted by Crippen LogP contribution is -2.21. The predicted octanol–water partition coefficient (Wildman–Crippen LogP) is 1.93. The summed E-state index contributed by atoms with van der Waals surface area (Å²) in [6, 6.07) is 1.79. The van der Waals surface area contributed by atoms with Gasteiger partial charge in [-0.05, 0) is 32.8 Å². The molecular formula is C15H21N3O3. The van der Waals surface area contributed by atoms with Crippen molar-refractivity contribution in [3.8, 4) is 0 Å². The number of ether oxygens (including phenoxy) is 1. The lowest BCUT2D eigenvalue weighted by molar-refractivity contribution is -0.143. The fourth-order valence-corrected chi connectivity index (χ4v) is 2.29. The molecule has 0 aliphatic heterocycles. The molecule has 21 heavy (non-hydrogen) atoms. The summed E-state index contributed by atoms with van der Waals surface area (Å²) in [5.41, 5.74) is 1.41. The Morgan fingerprint density at radius 3 is 2.86 bits per heavy atom. The van der Waals surface area contributed by atoms with Crippen molar-refractivity contribution in [2.75, 3.05) is 6.61 Å². The van der Waals surface area contributed by atoms with E-state index in [1.54, 1.807) is 34.5 Å². The van der Waals surface area contributed by atoms with Crippen LogP contribution in [0.3, 0.4) is 0 Å². The van der Waals surface area contributed by atoms with Crippen molar-refractivity contribution in [3.63, 3.8) is 0 Å². The highest BCUT2D eigenvalue weighted by molar-refractivity contribution is 5.69. The monoisotopic (exact) mass is 291 g/mol. The molecule has 0 aliphatic rings. The number of aryl methyl sites for hydroxylation is 2. The van der Waals surface area contributed by atoms with Gasteiger partial charge < -0.3 is 9.30 Å². The molecule has 0 atom stereocenters. The second-order valence-corrected chi connectivity index (χ2v) is 5.03. The van der Waals surface area contributed by atoms with Gasteiger partial charge >= 0.3 is 5.97 Å². The fraction of sp³-hybridized carbons (Fsp3) is 0.533. The third-order valence-corrected chi connectivity index (χ3v) is 3.31. The number of aromatic nitrogens is 3. The highest BCUT2D eigenvalue weighted by Gasteiger charge is 2.05. The number of hydrogen-bond donors (Lipinski definition) is 0. The van der Waals surface area contributed by atoms with E-state index in [0.717, 1.165) is 25.0 Å². The minimum atomic E-state index is -0.147. The van der Waals surface area contributed by atoms with Crippen LogP contribution in [0.2, 0.25) is 0 Å². The molecule has 0 saturated heterocycles. The molecule has 0 aromatic carbocycles. The van der Waals surface area contributed by atoms with Gasteiger partial charge in [0.05, 0.1) is 12.3 Å². The third kappa shape index (κ3) is 3.93. The number of esters is 1. The Morgan fingerprint density at radius 2 is 2.10 bits per heavy atom. The van der Waals surface area contributed by atoms with Gasteiger partial charge in [0.15, 0.2) is 0 Å². The van der Waals surface area contributed by atoms with E-state index in [4.69, 9.17) is 4.74 Å². The molecule has 0 radical (unpaired) electrons.